The van der Waals surface area contributed by atoms with E-state index in [1.54, 1.807) is 61.7 Å². The summed E-state index contributed by atoms with van der Waals surface area (Å²) in [6, 6.07) is 17.6. The Kier molecular flexibility index (Phi) is 4.98. The van der Waals surface area contributed by atoms with E-state index in [1.165, 1.54) is 0 Å². The van der Waals surface area contributed by atoms with Gasteiger partial charge >= 0.3 is 0 Å². The van der Waals surface area contributed by atoms with Gasteiger partial charge in [-0.05, 0) is 60.3 Å². The zero-order valence-electron chi connectivity index (χ0n) is 14.7. The lowest BCUT2D eigenvalue weighted by Gasteiger charge is -2.12. The summed E-state index contributed by atoms with van der Waals surface area (Å²) in [5, 5.41) is 0.249. The molecule has 0 N–H and O–H groups in total. The monoisotopic (exact) mass is 411 g/mol. The third-order valence-corrected chi connectivity index (χ3v) is 5.24. The fourth-order valence-corrected chi connectivity index (χ4v) is 3.79. The summed E-state index contributed by atoms with van der Waals surface area (Å²) >= 11 is 6.89. The number of methoxy groups -OCH3 is 1. The molecule has 0 saturated carbocycles. The van der Waals surface area contributed by atoms with Gasteiger partial charge in [-0.25, -0.2) is 4.90 Å². The van der Waals surface area contributed by atoms with Gasteiger partial charge in [0.05, 0.1) is 17.7 Å². The van der Waals surface area contributed by atoms with Crippen LogP contribution in [0.4, 0.5) is 10.5 Å². The molecular formula is C21H14ClNO4S. The van der Waals surface area contributed by atoms with Crippen LogP contribution in [0.15, 0.2) is 70.0 Å². The van der Waals surface area contributed by atoms with Crippen LogP contribution in [0.25, 0.3) is 17.4 Å². The molecule has 3 aromatic rings. The summed E-state index contributed by atoms with van der Waals surface area (Å²) < 4.78 is 10.9. The Hall–Kier alpha value is -2.96. The normalized spacial score (nSPS) is 15.5. The van der Waals surface area contributed by atoms with Crippen LogP contribution < -0.4 is 9.64 Å². The Bertz CT molecular complexity index is 1090. The molecule has 0 unspecified atom stereocenters. The van der Waals surface area contributed by atoms with Crippen molar-refractivity contribution < 1.29 is 18.7 Å². The van der Waals surface area contributed by atoms with Crippen molar-refractivity contribution in [3.63, 3.8) is 0 Å². The molecule has 0 spiro atoms. The van der Waals surface area contributed by atoms with Crippen molar-refractivity contribution in [3.8, 4) is 17.1 Å². The second-order valence-electron chi connectivity index (χ2n) is 5.93. The van der Waals surface area contributed by atoms with E-state index in [1.807, 2.05) is 12.1 Å². The Morgan fingerprint density at radius 1 is 1.07 bits per heavy atom. The number of rotatable bonds is 4. The number of hydrogen-bond acceptors (Lipinski definition) is 5. The first-order valence-corrected chi connectivity index (χ1v) is 9.52. The van der Waals surface area contributed by atoms with Crippen molar-refractivity contribution in [2.24, 2.45) is 0 Å². The number of benzene rings is 2. The standard InChI is InChI=1S/C21H14ClNO4S/c1-26-16-7-5-15(6-8-16)23-20(24)19(28-21(23)25)12-17-9-10-18(27-17)13-3-2-4-14(22)11-13/h2-12H,1H3/b19-12+. The lowest BCUT2D eigenvalue weighted by molar-refractivity contribution is -0.113. The number of carbonyl (C=O) groups is 2. The molecule has 0 bridgehead atoms. The van der Waals surface area contributed by atoms with Crippen molar-refractivity contribution in [2.75, 3.05) is 12.0 Å². The van der Waals surface area contributed by atoms with Crippen LogP contribution in [0.5, 0.6) is 5.75 Å². The topological polar surface area (TPSA) is 59.8 Å². The van der Waals surface area contributed by atoms with Gasteiger partial charge in [0.25, 0.3) is 11.1 Å². The number of imide groups is 1. The predicted molar refractivity (Wildman–Crippen MR) is 111 cm³/mol. The lowest BCUT2D eigenvalue weighted by Crippen LogP contribution is -2.27. The minimum Gasteiger partial charge on any atom is -0.497 e. The smallest absolute Gasteiger partial charge is 0.298 e. The van der Waals surface area contributed by atoms with Crippen molar-refractivity contribution in [2.45, 2.75) is 0 Å². The van der Waals surface area contributed by atoms with Gasteiger partial charge < -0.3 is 9.15 Å². The molecule has 1 aliphatic rings. The van der Waals surface area contributed by atoms with Gasteiger partial charge in [0, 0.05) is 16.7 Å². The number of halogens is 1. The van der Waals surface area contributed by atoms with Crippen molar-refractivity contribution in [3.05, 3.63) is 76.4 Å². The number of nitrogens with zero attached hydrogens (tertiary/aromatic N) is 1. The fraction of sp³-hybridized carbons (Fsp3) is 0.0476. The summed E-state index contributed by atoms with van der Waals surface area (Å²) in [5.41, 5.74) is 1.32. The molecule has 1 aromatic heterocycles. The first kappa shape index (κ1) is 18.4. The summed E-state index contributed by atoms with van der Waals surface area (Å²) in [7, 11) is 1.55. The molecule has 2 amide bonds. The first-order chi connectivity index (χ1) is 13.5. The van der Waals surface area contributed by atoms with Crippen LogP contribution in [0.1, 0.15) is 5.76 Å². The molecular weight excluding hydrogens is 398 g/mol. The predicted octanol–water partition coefficient (Wildman–Crippen LogP) is 5.85. The third-order valence-electron chi connectivity index (χ3n) is 4.13. The molecule has 1 fully saturated rings. The summed E-state index contributed by atoms with van der Waals surface area (Å²) in [4.78, 5) is 26.5. The number of ether oxygens (including phenoxy) is 1. The van der Waals surface area contributed by atoms with E-state index < -0.39 is 0 Å². The van der Waals surface area contributed by atoms with Crippen LogP contribution in [0, 0.1) is 0 Å². The van der Waals surface area contributed by atoms with E-state index in [0.717, 1.165) is 22.2 Å². The molecule has 28 heavy (non-hydrogen) atoms. The highest BCUT2D eigenvalue weighted by Crippen LogP contribution is 2.37. The quantitative estimate of drug-likeness (QED) is 0.504. The molecule has 140 valence electrons. The van der Waals surface area contributed by atoms with Gasteiger partial charge in [0.1, 0.15) is 17.3 Å². The van der Waals surface area contributed by atoms with E-state index in [4.69, 9.17) is 20.8 Å². The Morgan fingerprint density at radius 3 is 2.57 bits per heavy atom. The number of anilines is 1. The molecule has 0 radical (unpaired) electrons. The highest BCUT2D eigenvalue weighted by molar-refractivity contribution is 8.19. The number of amides is 2. The molecule has 2 heterocycles. The van der Waals surface area contributed by atoms with Gasteiger partial charge in [-0.3, -0.25) is 9.59 Å². The Morgan fingerprint density at radius 2 is 1.86 bits per heavy atom. The van der Waals surface area contributed by atoms with Gasteiger partial charge in [-0.1, -0.05) is 23.7 Å². The van der Waals surface area contributed by atoms with E-state index >= 15 is 0 Å². The molecule has 2 aromatic carbocycles. The van der Waals surface area contributed by atoms with E-state index in [9.17, 15) is 9.59 Å². The average Bonchev–Trinajstić information content (AvgIpc) is 3.27. The Balaban J connectivity index is 1.59. The number of carbonyl (C=O) groups excluding carboxylic acids is 2. The molecule has 1 aliphatic heterocycles. The molecule has 0 aliphatic carbocycles. The van der Waals surface area contributed by atoms with Crippen LogP contribution in [-0.2, 0) is 4.79 Å². The van der Waals surface area contributed by atoms with Crippen LogP contribution in [-0.4, -0.2) is 18.3 Å². The second-order valence-corrected chi connectivity index (χ2v) is 7.36. The second kappa shape index (κ2) is 7.58. The lowest BCUT2D eigenvalue weighted by atomic mass is 10.2. The van der Waals surface area contributed by atoms with Crippen molar-refractivity contribution in [1.29, 1.82) is 0 Å². The highest BCUT2D eigenvalue weighted by Gasteiger charge is 2.36. The van der Waals surface area contributed by atoms with Crippen LogP contribution >= 0.6 is 23.4 Å². The van der Waals surface area contributed by atoms with Gasteiger partial charge in [-0.2, -0.15) is 0 Å². The third kappa shape index (κ3) is 3.56. The minimum absolute atomic E-state index is 0.299. The van der Waals surface area contributed by atoms with E-state index in [0.29, 0.717) is 32.9 Å². The van der Waals surface area contributed by atoms with Crippen LogP contribution in [0.2, 0.25) is 5.02 Å². The molecule has 7 heteroatoms. The summed E-state index contributed by atoms with van der Waals surface area (Å²) in [6.07, 6.45) is 1.57. The SMILES string of the molecule is COc1ccc(N2C(=O)S/C(=C/c3ccc(-c4cccc(Cl)c4)o3)C2=O)cc1. The van der Waals surface area contributed by atoms with Gasteiger partial charge in [0.2, 0.25) is 0 Å². The zero-order chi connectivity index (χ0) is 19.7. The number of hydrogen-bond donors (Lipinski definition) is 0. The maximum atomic E-state index is 12.7. The minimum atomic E-state index is -0.388. The van der Waals surface area contributed by atoms with E-state index in [-0.39, 0.29) is 11.1 Å². The fourth-order valence-electron chi connectivity index (χ4n) is 2.78. The first-order valence-electron chi connectivity index (χ1n) is 8.33. The molecule has 1 saturated heterocycles. The highest BCUT2D eigenvalue weighted by atomic mass is 35.5. The average molecular weight is 412 g/mol. The van der Waals surface area contributed by atoms with Gasteiger partial charge in [-0.15, -0.1) is 0 Å². The largest absolute Gasteiger partial charge is 0.497 e. The van der Waals surface area contributed by atoms with E-state index in [2.05, 4.69) is 0 Å². The summed E-state index contributed by atoms with van der Waals surface area (Å²) in [5.74, 6) is 1.37. The van der Waals surface area contributed by atoms with Crippen molar-refractivity contribution in [1.82, 2.24) is 0 Å². The molecule has 5 nitrogen and oxygen atoms in total. The maximum Gasteiger partial charge on any atom is 0.298 e. The number of thioether (sulfide) groups is 1. The molecule has 4 rings (SSSR count). The Labute approximate surface area is 170 Å². The summed E-state index contributed by atoms with van der Waals surface area (Å²) in [6.45, 7) is 0. The van der Waals surface area contributed by atoms with Crippen LogP contribution in [0.3, 0.4) is 0 Å². The number of furan rings is 1. The zero-order valence-corrected chi connectivity index (χ0v) is 16.3. The maximum absolute atomic E-state index is 12.7. The van der Waals surface area contributed by atoms with Gasteiger partial charge in [0.15, 0.2) is 0 Å². The van der Waals surface area contributed by atoms with Crippen molar-refractivity contribution >= 4 is 46.3 Å². The molecule has 0 atom stereocenters.